The third-order valence-corrected chi connectivity index (χ3v) is 4.98. The molecule has 8 nitrogen and oxygen atoms in total. The smallest absolute Gasteiger partial charge is 0.229 e. The van der Waals surface area contributed by atoms with E-state index in [1.54, 1.807) is 48.4 Å². The van der Waals surface area contributed by atoms with Gasteiger partial charge in [0.05, 0.1) is 20.1 Å². The Morgan fingerprint density at radius 1 is 1.03 bits per heavy atom. The molecule has 2 aromatic rings. The number of nitrogens with zero attached hydrogens (tertiary/aromatic N) is 1. The molecule has 0 bridgehead atoms. The minimum Gasteiger partial charge on any atom is -0.493 e. The molecular weight excluding hydrogens is 376 g/mol. The lowest BCUT2D eigenvalue weighted by atomic mass is 10.1. The lowest BCUT2D eigenvalue weighted by Crippen LogP contribution is -2.28. The van der Waals surface area contributed by atoms with E-state index in [0.717, 1.165) is 0 Å². The number of fused-ring (bicyclic) bond motifs is 1. The first kappa shape index (κ1) is 18.9. The molecule has 0 radical (unpaired) electrons. The maximum absolute atomic E-state index is 12.7. The monoisotopic (exact) mass is 398 g/mol. The molecule has 2 amide bonds. The van der Waals surface area contributed by atoms with Crippen LogP contribution in [0.25, 0.3) is 0 Å². The van der Waals surface area contributed by atoms with Crippen LogP contribution in [0.1, 0.15) is 6.42 Å². The van der Waals surface area contributed by atoms with Crippen molar-refractivity contribution in [1.82, 2.24) is 0 Å². The SMILES string of the molecule is COc1ccc(NC(=O)[C@@H]2CC(=O)N(c3ccc4c(c3)OCCO4)C2)cc1OC. The van der Waals surface area contributed by atoms with Crippen molar-refractivity contribution in [2.24, 2.45) is 5.92 Å². The summed E-state index contributed by atoms with van der Waals surface area (Å²) < 4.78 is 21.6. The second kappa shape index (κ2) is 7.90. The van der Waals surface area contributed by atoms with Gasteiger partial charge in [-0.3, -0.25) is 9.59 Å². The molecule has 0 aromatic heterocycles. The summed E-state index contributed by atoms with van der Waals surface area (Å²) in [5.41, 5.74) is 1.28. The molecular formula is C21H22N2O6. The van der Waals surface area contributed by atoms with Crippen LogP contribution in [0.15, 0.2) is 36.4 Å². The van der Waals surface area contributed by atoms with E-state index in [4.69, 9.17) is 18.9 Å². The molecule has 1 N–H and O–H groups in total. The molecule has 0 saturated carbocycles. The number of carbonyl (C=O) groups is 2. The van der Waals surface area contributed by atoms with Gasteiger partial charge in [-0.25, -0.2) is 0 Å². The Balaban J connectivity index is 1.46. The second-order valence-electron chi connectivity index (χ2n) is 6.79. The van der Waals surface area contributed by atoms with Gasteiger partial charge in [0.25, 0.3) is 0 Å². The second-order valence-corrected chi connectivity index (χ2v) is 6.79. The summed E-state index contributed by atoms with van der Waals surface area (Å²) in [4.78, 5) is 26.9. The van der Waals surface area contributed by atoms with Gasteiger partial charge in [0.2, 0.25) is 11.8 Å². The predicted molar refractivity (Wildman–Crippen MR) is 106 cm³/mol. The first-order valence-corrected chi connectivity index (χ1v) is 9.32. The quantitative estimate of drug-likeness (QED) is 0.833. The number of rotatable bonds is 5. The lowest BCUT2D eigenvalue weighted by molar-refractivity contribution is -0.122. The fourth-order valence-corrected chi connectivity index (χ4v) is 3.49. The van der Waals surface area contributed by atoms with Crippen LogP contribution in [0.2, 0.25) is 0 Å². The number of carbonyl (C=O) groups excluding carboxylic acids is 2. The van der Waals surface area contributed by atoms with E-state index < -0.39 is 5.92 Å². The molecule has 1 atom stereocenters. The normalized spacial score (nSPS) is 17.8. The van der Waals surface area contributed by atoms with E-state index in [9.17, 15) is 9.59 Å². The average Bonchev–Trinajstić information content (AvgIpc) is 3.15. The molecule has 8 heteroatoms. The highest BCUT2D eigenvalue weighted by molar-refractivity contribution is 6.03. The Hall–Kier alpha value is -3.42. The summed E-state index contributed by atoms with van der Waals surface area (Å²) in [7, 11) is 3.08. The zero-order valence-corrected chi connectivity index (χ0v) is 16.3. The number of hydrogen-bond donors (Lipinski definition) is 1. The number of hydrogen-bond acceptors (Lipinski definition) is 6. The van der Waals surface area contributed by atoms with E-state index in [1.165, 1.54) is 7.11 Å². The van der Waals surface area contributed by atoms with E-state index >= 15 is 0 Å². The van der Waals surface area contributed by atoms with Crippen molar-refractivity contribution >= 4 is 23.2 Å². The highest BCUT2D eigenvalue weighted by Crippen LogP contribution is 2.36. The van der Waals surface area contributed by atoms with Crippen LogP contribution in [-0.2, 0) is 9.59 Å². The molecule has 2 aromatic carbocycles. The summed E-state index contributed by atoms with van der Waals surface area (Å²) in [5.74, 6) is 1.59. The zero-order valence-electron chi connectivity index (χ0n) is 16.3. The van der Waals surface area contributed by atoms with E-state index in [1.807, 2.05) is 0 Å². The van der Waals surface area contributed by atoms with E-state index in [0.29, 0.717) is 54.1 Å². The number of benzene rings is 2. The predicted octanol–water partition coefficient (Wildman–Crippen LogP) is 2.47. The van der Waals surface area contributed by atoms with E-state index in [-0.39, 0.29) is 18.2 Å². The largest absolute Gasteiger partial charge is 0.493 e. The van der Waals surface area contributed by atoms with Crippen molar-refractivity contribution in [3.63, 3.8) is 0 Å². The molecule has 1 fully saturated rings. The third-order valence-electron chi connectivity index (χ3n) is 4.98. The summed E-state index contributed by atoms with van der Waals surface area (Å²) in [6.45, 7) is 1.28. The van der Waals surface area contributed by atoms with Gasteiger partial charge in [0.1, 0.15) is 13.2 Å². The molecule has 1 saturated heterocycles. The van der Waals surface area contributed by atoms with Gasteiger partial charge >= 0.3 is 0 Å². The van der Waals surface area contributed by atoms with Crippen molar-refractivity contribution in [3.8, 4) is 23.0 Å². The van der Waals surface area contributed by atoms with Gasteiger partial charge in [-0.05, 0) is 24.3 Å². The maximum Gasteiger partial charge on any atom is 0.229 e. The van der Waals surface area contributed by atoms with Crippen molar-refractivity contribution in [1.29, 1.82) is 0 Å². The van der Waals surface area contributed by atoms with Crippen LogP contribution < -0.4 is 29.2 Å². The average molecular weight is 398 g/mol. The topological polar surface area (TPSA) is 86.3 Å². The third kappa shape index (κ3) is 3.78. The van der Waals surface area contributed by atoms with Crippen LogP contribution in [0.4, 0.5) is 11.4 Å². The number of amides is 2. The summed E-state index contributed by atoms with van der Waals surface area (Å²) in [5, 5.41) is 2.85. The fraction of sp³-hybridized carbons (Fsp3) is 0.333. The number of methoxy groups -OCH3 is 2. The summed E-state index contributed by atoms with van der Waals surface area (Å²) in [6.07, 6.45) is 0.146. The van der Waals surface area contributed by atoms with Gasteiger partial charge in [-0.1, -0.05) is 0 Å². The first-order chi connectivity index (χ1) is 14.1. The van der Waals surface area contributed by atoms with Crippen molar-refractivity contribution in [2.45, 2.75) is 6.42 Å². The van der Waals surface area contributed by atoms with Gasteiger partial charge in [0.15, 0.2) is 23.0 Å². The summed E-state index contributed by atoms with van der Waals surface area (Å²) >= 11 is 0. The Morgan fingerprint density at radius 3 is 2.55 bits per heavy atom. The van der Waals surface area contributed by atoms with Gasteiger partial charge in [0, 0.05) is 36.5 Å². The Morgan fingerprint density at radius 2 is 1.79 bits per heavy atom. The van der Waals surface area contributed by atoms with Gasteiger partial charge < -0.3 is 29.2 Å². The standard InChI is InChI=1S/C21H22N2O6/c1-26-16-5-3-14(10-18(16)27-2)22-21(25)13-9-20(24)23(12-13)15-4-6-17-19(11-15)29-8-7-28-17/h3-6,10-11,13H,7-9,12H2,1-2H3,(H,22,25)/t13-/m1/s1. The molecule has 0 unspecified atom stereocenters. The van der Waals surface area contributed by atoms with Crippen molar-refractivity contribution in [3.05, 3.63) is 36.4 Å². The molecule has 4 rings (SSSR count). The van der Waals surface area contributed by atoms with Crippen molar-refractivity contribution < 1.29 is 28.5 Å². The number of nitrogens with one attached hydrogen (secondary N) is 1. The summed E-state index contributed by atoms with van der Waals surface area (Å²) in [6, 6.07) is 10.5. The van der Waals surface area contributed by atoms with Crippen LogP contribution in [-0.4, -0.2) is 45.8 Å². The lowest BCUT2D eigenvalue weighted by Gasteiger charge is -2.22. The van der Waals surface area contributed by atoms with Gasteiger partial charge in [-0.2, -0.15) is 0 Å². The van der Waals surface area contributed by atoms with E-state index in [2.05, 4.69) is 5.32 Å². The van der Waals surface area contributed by atoms with Gasteiger partial charge in [-0.15, -0.1) is 0 Å². The van der Waals surface area contributed by atoms with Crippen LogP contribution in [0, 0.1) is 5.92 Å². The van der Waals surface area contributed by atoms with Crippen LogP contribution in [0.3, 0.4) is 0 Å². The highest BCUT2D eigenvalue weighted by atomic mass is 16.6. The zero-order chi connectivity index (χ0) is 20.4. The minimum atomic E-state index is -0.455. The highest BCUT2D eigenvalue weighted by Gasteiger charge is 2.35. The van der Waals surface area contributed by atoms with Crippen LogP contribution in [0.5, 0.6) is 23.0 Å². The fourth-order valence-electron chi connectivity index (χ4n) is 3.49. The maximum atomic E-state index is 12.7. The Bertz CT molecular complexity index is 945. The molecule has 2 aliphatic rings. The Kier molecular flexibility index (Phi) is 5.16. The number of ether oxygens (including phenoxy) is 4. The first-order valence-electron chi connectivity index (χ1n) is 9.32. The molecule has 2 aliphatic heterocycles. The Labute approximate surface area is 168 Å². The molecule has 2 heterocycles. The van der Waals surface area contributed by atoms with Crippen molar-refractivity contribution in [2.75, 3.05) is 44.2 Å². The minimum absolute atomic E-state index is 0.103. The number of anilines is 2. The molecule has 0 aliphatic carbocycles. The molecule has 152 valence electrons. The molecule has 29 heavy (non-hydrogen) atoms. The molecule has 0 spiro atoms. The van der Waals surface area contributed by atoms with Crippen LogP contribution >= 0.6 is 0 Å².